The Bertz CT molecular complexity index is 841. The number of piperidine rings is 1. The molecule has 1 unspecified atom stereocenters. The van der Waals surface area contributed by atoms with Crippen LogP contribution >= 0.6 is 0 Å². The van der Waals surface area contributed by atoms with Crippen LogP contribution in [0.1, 0.15) is 34.3 Å². The van der Waals surface area contributed by atoms with Gasteiger partial charge in [0.2, 0.25) is 11.8 Å². The predicted octanol–water partition coefficient (Wildman–Crippen LogP) is -0.378. The van der Waals surface area contributed by atoms with E-state index in [0.29, 0.717) is 18.5 Å². The molecule has 148 valence electrons. The molecule has 1 spiro atoms. The van der Waals surface area contributed by atoms with E-state index in [2.05, 4.69) is 21.6 Å². The second-order valence-electron chi connectivity index (χ2n) is 8.24. The highest BCUT2D eigenvalue weighted by Gasteiger charge is 2.45. The summed E-state index contributed by atoms with van der Waals surface area (Å²) in [6.07, 6.45) is 0.663. The van der Waals surface area contributed by atoms with E-state index in [4.69, 9.17) is 4.74 Å². The zero-order valence-corrected chi connectivity index (χ0v) is 15.7. The van der Waals surface area contributed by atoms with Crippen LogP contribution in [0, 0.1) is 0 Å². The number of morpholine rings is 1. The lowest BCUT2D eigenvalue weighted by Gasteiger charge is -2.51. The normalized spacial score (nSPS) is 26.9. The van der Waals surface area contributed by atoms with Crippen LogP contribution in [0.15, 0.2) is 18.2 Å². The maximum atomic E-state index is 12.8. The van der Waals surface area contributed by atoms with Crippen LogP contribution in [0.25, 0.3) is 0 Å². The summed E-state index contributed by atoms with van der Waals surface area (Å²) in [6.45, 7) is 5.67. The third-order valence-corrected chi connectivity index (χ3v) is 6.15. The highest BCUT2D eigenvalue weighted by Crippen LogP contribution is 2.31. The summed E-state index contributed by atoms with van der Waals surface area (Å²) < 4.78 is 5.94. The molecule has 2 N–H and O–H groups in total. The van der Waals surface area contributed by atoms with Crippen LogP contribution in [0.3, 0.4) is 0 Å². The van der Waals surface area contributed by atoms with Gasteiger partial charge in [-0.3, -0.25) is 24.6 Å². The first-order valence-electron chi connectivity index (χ1n) is 9.87. The first-order valence-corrected chi connectivity index (χ1v) is 9.87. The zero-order chi connectivity index (χ0) is 19.3. The number of hydrogen-bond acceptors (Lipinski definition) is 6. The molecule has 1 aromatic carbocycles. The summed E-state index contributed by atoms with van der Waals surface area (Å²) in [7, 11) is 0. The number of amides is 3. The quantitative estimate of drug-likeness (QED) is 0.691. The molecule has 8 heteroatoms. The van der Waals surface area contributed by atoms with Crippen molar-refractivity contribution in [3.8, 4) is 0 Å². The van der Waals surface area contributed by atoms with Crippen molar-refractivity contribution in [2.75, 3.05) is 32.8 Å². The van der Waals surface area contributed by atoms with E-state index in [1.165, 1.54) is 0 Å². The Hall–Kier alpha value is -2.29. The second-order valence-corrected chi connectivity index (χ2v) is 8.24. The number of nitrogens with zero attached hydrogens (tertiary/aromatic N) is 2. The number of hydrogen-bond donors (Lipinski definition) is 2. The van der Waals surface area contributed by atoms with Gasteiger partial charge in [-0.15, -0.1) is 0 Å². The van der Waals surface area contributed by atoms with E-state index >= 15 is 0 Å². The summed E-state index contributed by atoms with van der Waals surface area (Å²) in [5.41, 5.74) is 2.75. The van der Waals surface area contributed by atoms with Crippen molar-refractivity contribution >= 4 is 17.7 Å². The number of ether oxygens (including phenoxy) is 1. The number of benzene rings is 1. The monoisotopic (exact) mass is 384 g/mol. The molecule has 5 rings (SSSR count). The van der Waals surface area contributed by atoms with Gasteiger partial charge in [0.05, 0.1) is 6.61 Å². The molecule has 8 nitrogen and oxygen atoms in total. The Balaban J connectivity index is 1.25. The number of likely N-dealkylation sites (tertiary alicyclic amines) is 1. The Kier molecular flexibility index (Phi) is 4.22. The van der Waals surface area contributed by atoms with Crippen molar-refractivity contribution < 1.29 is 19.1 Å². The SMILES string of the molecule is O=C1CCC(N2Cc3cc(CN4CC5(CNCCO5)C4)ccc3C2=O)C(=O)N1. The van der Waals surface area contributed by atoms with E-state index in [1.54, 1.807) is 4.90 Å². The van der Waals surface area contributed by atoms with Gasteiger partial charge in [-0.25, -0.2) is 0 Å². The number of carbonyl (C=O) groups is 3. The van der Waals surface area contributed by atoms with E-state index in [0.717, 1.165) is 50.5 Å². The second kappa shape index (κ2) is 6.65. The average Bonchev–Trinajstić information content (AvgIpc) is 2.97. The average molecular weight is 384 g/mol. The van der Waals surface area contributed by atoms with Gasteiger partial charge < -0.3 is 15.0 Å². The molecular weight excluding hydrogens is 360 g/mol. The minimum atomic E-state index is -0.563. The van der Waals surface area contributed by atoms with E-state index in [1.807, 2.05) is 12.1 Å². The van der Waals surface area contributed by atoms with Crippen LogP contribution in [-0.2, 0) is 27.4 Å². The van der Waals surface area contributed by atoms with Crippen LogP contribution in [0.5, 0.6) is 0 Å². The van der Waals surface area contributed by atoms with Crippen LogP contribution < -0.4 is 10.6 Å². The minimum Gasteiger partial charge on any atom is -0.370 e. The zero-order valence-electron chi connectivity index (χ0n) is 15.7. The number of rotatable bonds is 3. The lowest BCUT2D eigenvalue weighted by Crippen LogP contribution is -2.69. The highest BCUT2D eigenvalue weighted by atomic mass is 16.5. The molecule has 3 amide bonds. The Labute approximate surface area is 163 Å². The van der Waals surface area contributed by atoms with Gasteiger partial charge >= 0.3 is 0 Å². The molecule has 0 radical (unpaired) electrons. The fourth-order valence-corrected chi connectivity index (χ4v) is 4.77. The molecule has 4 aliphatic rings. The van der Waals surface area contributed by atoms with E-state index in [9.17, 15) is 14.4 Å². The first kappa shape index (κ1) is 17.8. The third kappa shape index (κ3) is 3.01. The first-order chi connectivity index (χ1) is 13.5. The highest BCUT2D eigenvalue weighted by molar-refractivity contribution is 6.05. The van der Waals surface area contributed by atoms with Crippen molar-refractivity contribution in [3.63, 3.8) is 0 Å². The molecule has 0 aromatic heterocycles. The largest absolute Gasteiger partial charge is 0.370 e. The van der Waals surface area contributed by atoms with Crippen LogP contribution in [0.4, 0.5) is 0 Å². The smallest absolute Gasteiger partial charge is 0.255 e. The maximum absolute atomic E-state index is 12.8. The molecule has 0 saturated carbocycles. The molecular formula is C20H24N4O4. The summed E-state index contributed by atoms with van der Waals surface area (Å²) in [5, 5.41) is 5.73. The topological polar surface area (TPSA) is 91.0 Å². The van der Waals surface area contributed by atoms with Crippen molar-refractivity contribution in [1.29, 1.82) is 0 Å². The molecule has 4 aliphatic heterocycles. The number of carbonyl (C=O) groups excluding carboxylic acids is 3. The van der Waals surface area contributed by atoms with Gasteiger partial charge in [-0.05, 0) is 23.6 Å². The Morgan fingerprint density at radius 1 is 1.21 bits per heavy atom. The standard InChI is InChI=1S/C20H24N4O4/c25-17-4-3-16(18(26)22-17)24-9-14-7-13(1-2-15(14)19(24)27)8-23-11-20(12-23)10-21-5-6-28-20/h1-2,7,16,21H,3-6,8-12H2,(H,22,25,26). The van der Waals surface area contributed by atoms with Gasteiger partial charge in [-0.2, -0.15) is 0 Å². The van der Waals surface area contributed by atoms with Crippen molar-refractivity contribution in [3.05, 3.63) is 34.9 Å². The fourth-order valence-electron chi connectivity index (χ4n) is 4.77. The molecule has 4 heterocycles. The summed E-state index contributed by atoms with van der Waals surface area (Å²) in [4.78, 5) is 40.2. The van der Waals surface area contributed by atoms with Gasteiger partial charge in [-0.1, -0.05) is 12.1 Å². The Morgan fingerprint density at radius 2 is 2.07 bits per heavy atom. The van der Waals surface area contributed by atoms with Crippen LogP contribution in [0.2, 0.25) is 0 Å². The third-order valence-electron chi connectivity index (χ3n) is 6.15. The molecule has 1 atom stereocenters. The number of imide groups is 1. The van der Waals surface area contributed by atoms with Gasteiger partial charge in [0.1, 0.15) is 11.6 Å². The summed E-state index contributed by atoms with van der Waals surface area (Å²) in [6, 6.07) is 5.37. The van der Waals surface area contributed by atoms with E-state index in [-0.39, 0.29) is 29.7 Å². The molecule has 0 bridgehead atoms. The lowest BCUT2D eigenvalue weighted by atomic mass is 9.92. The van der Waals surface area contributed by atoms with Crippen molar-refractivity contribution in [1.82, 2.24) is 20.4 Å². The molecule has 3 fully saturated rings. The van der Waals surface area contributed by atoms with Crippen LogP contribution in [-0.4, -0.2) is 72.0 Å². The summed E-state index contributed by atoms with van der Waals surface area (Å²) >= 11 is 0. The molecule has 0 aliphatic carbocycles. The van der Waals surface area contributed by atoms with Gasteiger partial charge in [0.15, 0.2) is 0 Å². The number of fused-ring (bicyclic) bond motifs is 1. The van der Waals surface area contributed by atoms with Crippen molar-refractivity contribution in [2.24, 2.45) is 0 Å². The Morgan fingerprint density at radius 3 is 2.82 bits per heavy atom. The van der Waals surface area contributed by atoms with Gasteiger partial charge in [0, 0.05) is 51.3 Å². The van der Waals surface area contributed by atoms with Crippen molar-refractivity contribution in [2.45, 2.75) is 37.6 Å². The number of nitrogens with one attached hydrogen (secondary N) is 2. The lowest BCUT2D eigenvalue weighted by molar-refractivity contribution is -0.158. The summed E-state index contributed by atoms with van der Waals surface area (Å²) in [5.74, 6) is -0.762. The molecule has 1 aromatic rings. The maximum Gasteiger partial charge on any atom is 0.255 e. The molecule has 28 heavy (non-hydrogen) atoms. The minimum absolute atomic E-state index is 0.0342. The van der Waals surface area contributed by atoms with E-state index < -0.39 is 6.04 Å². The predicted molar refractivity (Wildman–Crippen MR) is 99.3 cm³/mol. The molecule has 3 saturated heterocycles. The van der Waals surface area contributed by atoms with Gasteiger partial charge in [0.25, 0.3) is 5.91 Å². The fraction of sp³-hybridized carbons (Fsp3) is 0.550.